The summed E-state index contributed by atoms with van der Waals surface area (Å²) in [6.45, 7) is 9.17. The zero-order valence-corrected chi connectivity index (χ0v) is 19.5. The molecule has 33 heavy (non-hydrogen) atoms. The molecule has 0 bridgehead atoms. The van der Waals surface area contributed by atoms with Crippen LogP contribution in [0.15, 0.2) is 54.6 Å². The van der Waals surface area contributed by atoms with Crippen LogP contribution in [0.4, 0.5) is 11.4 Å². The average molecular weight is 448 g/mol. The Balaban J connectivity index is 1.39. The number of carbonyl (C=O) groups is 2. The normalized spacial score (nSPS) is 21.3. The first kappa shape index (κ1) is 23.1. The third kappa shape index (κ3) is 6.02. The lowest BCUT2D eigenvalue weighted by Gasteiger charge is -2.35. The number of anilines is 2. The summed E-state index contributed by atoms with van der Waals surface area (Å²) in [6, 6.07) is 15.4. The number of hydrogen-bond donors (Lipinski definition) is 1. The van der Waals surface area contributed by atoms with Crippen molar-refractivity contribution in [3.8, 4) is 0 Å². The van der Waals surface area contributed by atoms with E-state index >= 15 is 0 Å². The summed E-state index contributed by atoms with van der Waals surface area (Å²) in [5.74, 6) is 0.689. The van der Waals surface area contributed by atoms with Gasteiger partial charge in [-0.05, 0) is 54.2 Å². The Morgan fingerprint density at radius 3 is 2.33 bits per heavy atom. The Morgan fingerprint density at radius 2 is 1.64 bits per heavy atom. The summed E-state index contributed by atoms with van der Waals surface area (Å²) < 4.78 is 5.40. The fourth-order valence-corrected chi connectivity index (χ4v) is 4.74. The van der Waals surface area contributed by atoms with E-state index < -0.39 is 0 Å². The van der Waals surface area contributed by atoms with E-state index in [1.54, 1.807) is 18.2 Å². The lowest BCUT2D eigenvalue weighted by atomic mass is 9.91. The quantitative estimate of drug-likeness (QED) is 0.695. The molecule has 2 fully saturated rings. The molecule has 2 aliphatic heterocycles. The summed E-state index contributed by atoms with van der Waals surface area (Å²) in [6.07, 6.45) is 4.44. The molecule has 2 amide bonds. The van der Waals surface area contributed by atoms with E-state index in [9.17, 15) is 9.59 Å². The number of rotatable bonds is 5. The summed E-state index contributed by atoms with van der Waals surface area (Å²) in [5.41, 5.74) is 3.19. The molecule has 2 atom stereocenters. The third-order valence-corrected chi connectivity index (χ3v) is 6.27. The maximum atomic E-state index is 13.2. The summed E-state index contributed by atoms with van der Waals surface area (Å²) >= 11 is 0. The van der Waals surface area contributed by atoms with E-state index in [0.717, 1.165) is 57.1 Å². The van der Waals surface area contributed by atoms with E-state index in [4.69, 9.17) is 4.74 Å². The topological polar surface area (TPSA) is 61.9 Å². The minimum Gasteiger partial charge on any atom is -0.378 e. The number of carbonyl (C=O) groups excluding carboxylic acids is 2. The summed E-state index contributed by atoms with van der Waals surface area (Å²) in [7, 11) is 0. The van der Waals surface area contributed by atoms with Gasteiger partial charge in [0.25, 0.3) is 5.91 Å². The Kier molecular flexibility index (Phi) is 7.45. The number of amides is 2. The highest BCUT2D eigenvalue weighted by atomic mass is 16.5. The molecule has 174 valence electrons. The van der Waals surface area contributed by atoms with E-state index in [1.165, 1.54) is 6.08 Å². The molecule has 0 aromatic heterocycles. The highest BCUT2D eigenvalue weighted by Gasteiger charge is 2.27. The Morgan fingerprint density at radius 1 is 0.970 bits per heavy atom. The molecule has 0 spiro atoms. The number of morpholine rings is 1. The van der Waals surface area contributed by atoms with Crippen molar-refractivity contribution in [3.05, 3.63) is 65.7 Å². The lowest BCUT2D eigenvalue weighted by molar-refractivity contribution is -0.111. The molecule has 0 aliphatic carbocycles. The van der Waals surface area contributed by atoms with E-state index in [2.05, 4.69) is 36.2 Å². The molecule has 2 aromatic rings. The molecule has 0 radical (unpaired) electrons. The first-order valence-corrected chi connectivity index (χ1v) is 11.8. The van der Waals surface area contributed by atoms with Gasteiger partial charge in [-0.1, -0.05) is 38.1 Å². The van der Waals surface area contributed by atoms with Crippen LogP contribution in [0.3, 0.4) is 0 Å². The van der Waals surface area contributed by atoms with Crippen molar-refractivity contribution in [2.45, 2.75) is 20.3 Å². The van der Waals surface area contributed by atoms with Crippen molar-refractivity contribution in [1.29, 1.82) is 0 Å². The Labute approximate surface area is 196 Å². The molecule has 2 saturated heterocycles. The number of ether oxygens (including phenoxy) is 1. The number of para-hydroxylation sites is 1. The van der Waals surface area contributed by atoms with Gasteiger partial charge in [-0.3, -0.25) is 9.59 Å². The van der Waals surface area contributed by atoms with Gasteiger partial charge < -0.3 is 19.9 Å². The van der Waals surface area contributed by atoms with Gasteiger partial charge in [0, 0.05) is 37.9 Å². The third-order valence-electron chi connectivity index (χ3n) is 6.27. The largest absolute Gasteiger partial charge is 0.378 e. The maximum absolute atomic E-state index is 13.2. The van der Waals surface area contributed by atoms with Crippen LogP contribution in [0.5, 0.6) is 0 Å². The second kappa shape index (κ2) is 10.7. The van der Waals surface area contributed by atoms with Crippen molar-refractivity contribution < 1.29 is 14.3 Å². The number of nitrogens with one attached hydrogen (secondary N) is 1. The SMILES string of the molecule is CC1CC(C)CN(C(=O)c2ccccc2NC(=O)C=Cc2ccc(N3CCOCC3)cc2)C1. The van der Waals surface area contributed by atoms with Crippen LogP contribution < -0.4 is 10.2 Å². The van der Waals surface area contributed by atoms with E-state index in [0.29, 0.717) is 23.1 Å². The van der Waals surface area contributed by atoms with Crippen molar-refractivity contribution in [2.24, 2.45) is 11.8 Å². The highest BCUT2D eigenvalue weighted by molar-refractivity contribution is 6.07. The number of benzene rings is 2. The van der Waals surface area contributed by atoms with Gasteiger partial charge in [0.05, 0.1) is 24.5 Å². The number of hydrogen-bond acceptors (Lipinski definition) is 4. The van der Waals surface area contributed by atoms with Crippen LogP contribution in [0.1, 0.15) is 36.2 Å². The molecule has 4 rings (SSSR count). The van der Waals surface area contributed by atoms with Crippen LogP contribution in [0.2, 0.25) is 0 Å². The summed E-state index contributed by atoms with van der Waals surface area (Å²) in [5, 5.41) is 2.89. The first-order chi connectivity index (χ1) is 16.0. The molecule has 0 saturated carbocycles. The standard InChI is InChI=1S/C27H33N3O3/c1-20-17-21(2)19-30(18-20)27(32)24-5-3-4-6-25(24)28-26(31)12-9-22-7-10-23(11-8-22)29-13-15-33-16-14-29/h3-12,20-21H,13-19H2,1-2H3,(H,28,31). The van der Waals surface area contributed by atoms with Crippen LogP contribution >= 0.6 is 0 Å². The minimum absolute atomic E-state index is 0.0213. The second-order valence-electron chi connectivity index (χ2n) is 9.22. The average Bonchev–Trinajstić information content (AvgIpc) is 2.83. The molecule has 2 aromatic carbocycles. The molecule has 2 heterocycles. The molecule has 6 nitrogen and oxygen atoms in total. The van der Waals surface area contributed by atoms with E-state index in [-0.39, 0.29) is 11.8 Å². The van der Waals surface area contributed by atoms with Crippen molar-refractivity contribution >= 4 is 29.3 Å². The zero-order valence-electron chi connectivity index (χ0n) is 19.5. The number of piperidine rings is 1. The predicted molar refractivity (Wildman–Crippen MR) is 132 cm³/mol. The Bertz CT molecular complexity index is 986. The fraction of sp³-hybridized carbons (Fsp3) is 0.407. The monoisotopic (exact) mass is 447 g/mol. The van der Waals surface area contributed by atoms with Crippen LogP contribution in [0, 0.1) is 11.8 Å². The fourth-order valence-electron chi connectivity index (χ4n) is 4.74. The van der Waals surface area contributed by atoms with Crippen LogP contribution in [-0.4, -0.2) is 56.1 Å². The van der Waals surface area contributed by atoms with Crippen molar-refractivity contribution in [2.75, 3.05) is 49.6 Å². The zero-order chi connectivity index (χ0) is 23.2. The van der Waals surface area contributed by atoms with Gasteiger partial charge in [-0.25, -0.2) is 0 Å². The smallest absolute Gasteiger partial charge is 0.255 e. The predicted octanol–water partition coefficient (Wildman–Crippen LogP) is 4.29. The molecule has 1 N–H and O–H groups in total. The summed E-state index contributed by atoms with van der Waals surface area (Å²) in [4.78, 5) is 30.0. The first-order valence-electron chi connectivity index (χ1n) is 11.8. The van der Waals surface area contributed by atoms with Crippen molar-refractivity contribution in [3.63, 3.8) is 0 Å². The van der Waals surface area contributed by atoms with Crippen LogP contribution in [-0.2, 0) is 9.53 Å². The van der Waals surface area contributed by atoms with Crippen LogP contribution in [0.25, 0.3) is 6.08 Å². The van der Waals surface area contributed by atoms with Gasteiger partial charge in [-0.2, -0.15) is 0 Å². The lowest BCUT2D eigenvalue weighted by Crippen LogP contribution is -2.42. The molecule has 2 aliphatic rings. The maximum Gasteiger partial charge on any atom is 0.255 e. The van der Waals surface area contributed by atoms with Gasteiger partial charge in [0.15, 0.2) is 0 Å². The Hall–Kier alpha value is -3.12. The second-order valence-corrected chi connectivity index (χ2v) is 9.22. The minimum atomic E-state index is -0.257. The van der Waals surface area contributed by atoms with Crippen molar-refractivity contribution in [1.82, 2.24) is 4.90 Å². The highest BCUT2D eigenvalue weighted by Crippen LogP contribution is 2.25. The molecule has 6 heteroatoms. The molecular weight excluding hydrogens is 414 g/mol. The molecular formula is C27H33N3O3. The number of nitrogens with zero attached hydrogens (tertiary/aromatic N) is 2. The van der Waals surface area contributed by atoms with Gasteiger partial charge >= 0.3 is 0 Å². The number of likely N-dealkylation sites (tertiary alicyclic amines) is 1. The van der Waals surface area contributed by atoms with Gasteiger partial charge in [0.2, 0.25) is 5.91 Å². The van der Waals surface area contributed by atoms with Gasteiger partial charge in [-0.15, -0.1) is 0 Å². The van der Waals surface area contributed by atoms with E-state index in [1.807, 2.05) is 29.2 Å². The molecule has 2 unspecified atom stereocenters. The van der Waals surface area contributed by atoms with Gasteiger partial charge in [0.1, 0.15) is 0 Å².